The maximum Gasteiger partial charge on any atom is 0.259 e. The minimum Gasteiger partial charge on any atom is -0.380 e. The molecule has 7 nitrogen and oxygen atoms in total. The highest BCUT2D eigenvalue weighted by Gasteiger charge is 2.33. The lowest BCUT2D eigenvalue weighted by Gasteiger charge is -2.33. The summed E-state index contributed by atoms with van der Waals surface area (Å²) in [7, 11) is 2.01. The van der Waals surface area contributed by atoms with E-state index in [1.807, 2.05) is 18.3 Å². The highest BCUT2D eigenvalue weighted by Crippen LogP contribution is 2.30. The van der Waals surface area contributed by atoms with Crippen molar-refractivity contribution in [2.75, 3.05) is 19.8 Å². The Morgan fingerprint density at radius 2 is 2.15 bits per heavy atom. The van der Waals surface area contributed by atoms with E-state index in [9.17, 15) is 4.79 Å². The van der Waals surface area contributed by atoms with E-state index < -0.39 is 0 Å². The molecule has 26 heavy (non-hydrogen) atoms. The molecule has 1 saturated carbocycles. The lowest BCUT2D eigenvalue weighted by molar-refractivity contribution is 0.0571. The number of aromatic nitrogens is 3. The maximum atomic E-state index is 12.9. The van der Waals surface area contributed by atoms with Gasteiger partial charge in [-0.05, 0) is 25.7 Å². The largest absolute Gasteiger partial charge is 0.380 e. The standard InChI is InChI=1S/C19H26N4O3/c1-13-16(7-21-26-13)19(24)23-8-15(11-25-10-14-5-3-4-6-14)18-17(9-23)20-12-22(18)2/h7,12,14-15H,3-6,8-11H2,1-2H3/t15-/m0/s1. The van der Waals surface area contributed by atoms with Crippen LogP contribution in [0.2, 0.25) is 0 Å². The Morgan fingerprint density at radius 3 is 2.88 bits per heavy atom. The van der Waals surface area contributed by atoms with Gasteiger partial charge in [0.1, 0.15) is 11.3 Å². The molecule has 1 aliphatic carbocycles. The van der Waals surface area contributed by atoms with Crippen molar-refractivity contribution in [2.24, 2.45) is 13.0 Å². The van der Waals surface area contributed by atoms with Crippen LogP contribution in [-0.2, 0) is 18.3 Å². The van der Waals surface area contributed by atoms with E-state index in [0.717, 1.165) is 12.3 Å². The number of carbonyl (C=O) groups is 1. The Hall–Kier alpha value is -2.15. The van der Waals surface area contributed by atoms with E-state index in [4.69, 9.17) is 9.26 Å². The molecule has 0 N–H and O–H groups in total. The fourth-order valence-corrected chi connectivity index (χ4v) is 4.25. The minimum absolute atomic E-state index is 0.0548. The highest BCUT2D eigenvalue weighted by molar-refractivity contribution is 5.94. The van der Waals surface area contributed by atoms with Gasteiger partial charge in [0.15, 0.2) is 0 Å². The summed E-state index contributed by atoms with van der Waals surface area (Å²) in [5.74, 6) is 1.33. The van der Waals surface area contributed by atoms with E-state index in [1.165, 1.54) is 37.6 Å². The average Bonchev–Trinajstić information content (AvgIpc) is 3.36. The van der Waals surface area contributed by atoms with E-state index >= 15 is 0 Å². The molecule has 2 aromatic heterocycles. The number of amides is 1. The van der Waals surface area contributed by atoms with Gasteiger partial charge in [-0.25, -0.2) is 4.98 Å². The SMILES string of the molecule is Cc1oncc1C(=O)N1Cc2ncn(C)c2[C@H](COCC2CCCC2)C1. The maximum absolute atomic E-state index is 12.9. The number of nitrogens with zero attached hydrogens (tertiary/aromatic N) is 4. The molecule has 0 spiro atoms. The van der Waals surface area contributed by atoms with Crippen LogP contribution >= 0.6 is 0 Å². The van der Waals surface area contributed by atoms with Crippen LogP contribution in [0.4, 0.5) is 0 Å². The Morgan fingerprint density at radius 1 is 1.35 bits per heavy atom. The Bertz CT molecular complexity index is 776. The van der Waals surface area contributed by atoms with Crippen molar-refractivity contribution < 1.29 is 14.1 Å². The summed E-state index contributed by atoms with van der Waals surface area (Å²) < 4.78 is 13.2. The monoisotopic (exact) mass is 358 g/mol. The normalized spacial score (nSPS) is 20.5. The second-order valence-electron chi connectivity index (χ2n) is 7.55. The molecule has 4 rings (SSSR count). The van der Waals surface area contributed by atoms with Crippen molar-refractivity contribution in [3.63, 3.8) is 0 Å². The lowest BCUT2D eigenvalue weighted by atomic mass is 9.98. The van der Waals surface area contributed by atoms with Crippen LogP contribution in [0.1, 0.15) is 59.1 Å². The molecule has 0 bridgehead atoms. The molecule has 1 aliphatic heterocycles. The molecular weight excluding hydrogens is 332 g/mol. The van der Waals surface area contributed by atoms with Crippen molar-refractivity contribution in [3.05, 3.63) is 35.2 Å². The molecule has 0 aromatic carbocycles. The van der Waals surface area contributed by atoms with Crippen LogP contribution in [0.3, 0.4) is 0 Å². The molecule has 1 atom stereocenters. The lowest BCUT2D eigenvalue weighted by Crippen LogP contribution is -2.40. The first-order chi connectivity index (χ1) is 12.6. The Kier molecular flexibility index (Phi) is 4.80. The second-order valence-corrected chi connectivity index (χ2v) is 7.55. The van der Waals surface area contributed by atoms with Gasteiger partial charge < -0.3 is 18.7 Å². The average molecular weight is 358 g/mol. The minimum atomic E-state index is -0.0548. The third kappa shape index (κ3) is 3.28. The number of hydrogen-bond acceptors (Lipinski definition) is 5. The zero-order valence-corrected chi connectivity index (χ0v) is 15.5. The van der Waals surface area contributed by atoms with Crippen molar-refractivity contribution in [1.82, 2.24) is 19.6 Å². The quantitative estimate of drug-likeness (QED) is 0.821. The predicted molar refractivity (Wildman–Crippen MR) is 94.7 cm³/mol. The van der Waals surface area contributed by atoms with Gasteiger partial charge in [-0.2, -0.15) is 0 Å². The summed E-state index contributed by atoms with van der Waals surface area (Å²) in [5.41, 5.74) is 2.66. The third-order valence-corrected chi connectivity index (χ3v) is 5.65. The van der Waals surface area contributed by atoms with Crippen molar-refractivity contribution in [1.29, 1.82) is 0 Å². The Labute approximate surface area is 153 Å². The van der Waals surface area contributed by atoms with Gasteiger partial charge in [-0.1, -0.05) is 18.0 Å². The molecule has 0 unspecified atom stereocenters. The van der Waals surface area contributed by atoms with Gasteiger partial charge in [0.2, 0.25) is 0 Å². The topological polar surface area (TPSA) is 73.4 Å². The van der Waals surface area contributed by atoms with Gasteiger partial charge in [0, 0.05) is 31.8 Å². The zero-order chi connectivity index (χ0) is 18.1. The molecule has 0 saturated heterocycles. The number of hydrogen-bond donors (Lipinski definition) is 0. The fraction of sp³-hybridized carbons (Fsp3) is 0.632. The van der Waals surface area contributed by atoms with Gasteiger partial charge in [0.25, 0.3) is 5.91 Å². The molecule has 140 valence electrons. The number of rotatable bonds is 5. The van der Waals surface area contributed by atoms with Crippen LogP contribution in [0, 0.1) is 12.8 Å². The molecule has 2 aliphatic rings. The highest BCUT2D eigenvalue weighted by atomic mass is 16.5. The van der Waals surface area contributed by atoms with Crippen molar-refractivity contribution >= 4 is 5.91 Å². The molecule has 1 fully saturated rings. The van der Waals surface area contributed by atoms with Gasteiger partial charge in [0.05, 0.1) is 31.4 Å². The second kappa shape index (κ2) is 7.23. The van der Waals surface area contributed by atoms with Crippen molar-refractivity contribution in [3.8, 4) is 0 Å². The molecule has 0 radical (unpaired) electrons. The molecule has 2 aromatic rings. The van der Waals surface area contributed by atoms with Crippen LogP contribution in [0.25, 0.3) is 0 Å². The summed E-state index contributed by atoms with van der Waals surface area (Å²) >= 11 is 0. The number of aryl methyl sites for hydroxylation is 2. The number of carbonyl (C=O) groups excluding carboxylic acids is 1. The van der Waals surface area contributed by atoms with E-state index in [2.05, 4.69) is 14.7 Å². The first-order valence-electron chi connectivity index (χ1n) is 9.42. The summed E-state index contributed by atoms with van der Waals surface area (Å²) in [5, 5.41) is 3.73. The summed E-state index contributed by atoms with van der Waals surface area (Å²) in [6.07, 6.45) is 8.52. The first-order valence-corrected chi connectivity index (χ1v) is 9.42. The van der Waals surface area contributed by atoms with Gasteiger partial charge in [-0.15, -0.1) is 0 Å². The summed E-state index contributed by atoms with van der Waals surface area (Å²) in [6.45, 7) is 4.34. The van der Waals surface area contributed by atoms with Crippen LogP contribution < -0.4 is 0 Å². The van der Waals surface area contributed by atoms with E-state index in [1.54, 1.807) is 6.92 Å². The number of imidazole rings is 1. The first kappa shape index (κ1) is 17.3. The molecule has 7 heteroatoms. The molecule has 3 heterocycles. The van der Waals surface area contributed by atoms with Gasteiger partial charge in [-0.3, -0.25) is 4.79 Å². The zero-order valence-electron chi connectivity index (χ0n) is 15.5. The van der Waals surface area contributed by atoms with Crippen molar-refractivity contribution in [2.45, 2.75) is 45.1 Å². The molecule has 1 amide bonds. The number of fused-ring (bicyclic) bond motifs is 1. The predicted octanol–water partition coefficient (Wildman–Crippen LogP) is 2.66. The smallest absolute Gasteiger partial charge is 0.259 e. The number of ether oxygens (including phenoxy) is 1. The van der Waals surface area contributed by atoms with Crippen LogP contribution in [0.5, 0.6) is 0 Å². The van der Waals surface area contributed by atoms with E-state index in [0.29, 0.717) is 36.9 Å². The van der Waals surface area contributed by atoms with Crippen LogP contribution in [0.15, 0.2) is 17.0 Å². The van der Waals surface area contributed by atoms with Gasteiger partial charge >= 0.3 is 0 Å². The van der Waals surface area contributed by atoms with Crippen LogP contribution in [-0.4, -0.2) is 45.3 Å². The fourth-order valence-electron chi connectivity index (χ4n) is 4.25. The van der Waals surface area contributed by atoms with E-state index in [-0.39, 0.29) is 11.8 Å². The molecular formula is C19H26N4O3. The summed E-state index contributed by atoms with van der Waals surface area (Å²) in [6, 6.07) is 0. The summed E-state index contributed by atoms with van der Waals surface area (Å²) in [4.78, 5) is 19.2. The third-order valence-electron chi connectivity index (χ3n) is 5.65. The Balaban J connectivity index is 1.48.